The number of carbonyl (C=O) groups excluding carboxylic acids is 2. The van der Waals surface area contributed by atoms with Gasteiger partial charge in [-0.25, -0.2) is 4.79 Å². The van der Waals surface area contributed by atoms with E-state index in [9.17, 15) is 9.59 Å². The van der Waals surface area contributed by atoms with Crippen molar-refractivity contribution in [2.45, 2.75) is 6.92 Å². The Hall–Kier alpha value is -2.48. The number of amides is 1. The Balaban J connectivity index is 2.12. The van der Waals surface area contributed by atoms with Crippen LogP contribution in [0.1, 0.15) is 12.5 Å². The number of thioether (sulfide) groups is 1. The minimum absolute atomic E-state index is 0.205. The predicted octanol–water partition coefficient (Wildman–Crippen LogP) is 1.57. The monoisotopic (exact) mass is 336 g/mol. The van der Waals surface area contributed by atoms with Gasteiger partial charge >= 0.3 is 5.97 Å². The first kappa shape index (κ1) is 16.9. The molecule has 0 aromatic heterocycles. The number of esters is 1. The minimum atomic E-state index is -0.457. The number of carbonyl (C=O) groups is 2. The van der Waals surface area contributed by atoms with E-state index in [4.69, 9.17) is 19.9 Å². The third kappa shape index (κ3) is 4.49. The fraction of sp³-hybridized carbons (Fsp3) is 0.267. The maximum Gasteiger partial charge on any atom is 0.344 e. The molecule has 0 fully saturated rings. The molecule has 0 bridgehead atoms. The van der Waals surface area contributed by atoms with Crippen molar-refractivity contribution in [1.82, 2.24) is 0 Å². The largest absolute Gasteiger partial charge is 0.493 e. The summed E-state index contributed by atoms with van der Waals surface area (Å²) in [6, 6.07) is 5.08. The predicted molar refractivity (Wildman–Crippen MR) is 87.3 cm³/mol. The second-order valence-electron chi connectivity index (χ2n) is 4.37. The molecule has 0 saturated carbocycles. The molecule has 0 unspecified atom stereocenters. The highest BCUT2D eigenvalue weighted by Gasteiger charge is 2.19. The smallest absolute Gasteiger partial charge is 0.344 e. The lowest BCUT2D eigenvalue weighted by Gasteiger charge is -2.11. The number of hydrogen-bond acceptors (Lipinski definition) is 7. The average Bonchev–Trinajstić information content (AvgIpc) is 2.83. The van der Waals surface area contributed by atoms with Gasteiger partial charge in [-0.2, -0.15) is 4.99 Å². The number of rotatable bonds is 6. The summed E-state index contributed by atoms with van der Waals surface area (Å²) in [6.45, 7) is 1.81. The average molecular weight is 336 g/mol. The number of aliphatic imine (C=N–C) groups is 1. The molecule has 1 aromatic carbocycles. The molecule has 2 N–H and O–H groups in total. The summed E-state index contributed by atoms with van der Waals surface area (Å²) in [5, 5.41) is 0.225. The van der Waals surface area contributed by atoms with Crippen molar-refractivity contribution >= 4 is 34.9 Å². The Labute approximate surface area is 137 Å². The van der Waals surface area contributed by atoms with E-state index in [0.717, 1.165) is 17.3 Å². The first-order chi connectivity index (χ1) is 11.0. The molecule has 1 heterocycles. The van der Waals surface area contributed by atoms with E-state index in [0.29, 0.717) is 23.0 Å². The Kier molecular flexibility index (Phi) is 5.64. The van der Waals surface area contributed by atoms with Gasteiger partial charge in [0.1, 0.15) is 0 Å². The lowest BCUT2D eigenvalue weighted by molar-refractivity contribution is -0.145. The maximum atomic E-state index is 11.6. The van der Waals surface area contributed by atoms with Crippen molar-refractivity contribution in [2.75, 3.05) is 20.3 Å². The summed E-state index contributed by atoms with van der Waals surface area (Å²) in [5.74, 6) is 0.0206. The molecule has 1 aliphatic heterocycles. The number of hydrogen-bond donors (Lipinski definition) is 1. The lowest BCUT2D eigenvalue weighted by atomic mass is 10.2. The Bertz CT molecular complexity index is 684. The zero-order chi connectivity index (χ0) is 16.8. The molecular formula is C15H16N2O5S. The number of nitrogens with zero attached hydrogens (tertiary/aromatic N) is 1. The summed E-state index contributed by atoms with van der Waals surface area (Å²) in [7, 11) is 1.49. The van der Waals surface area contributed by atoms with E-state index in [1.54, 1.807) is 31.2 Å². The quantitative estimate of drug-likeness (QED) is 0.621. The van der Waals surface area contributed by atoms with Crippen molar-refractivity contribution in [3.8, 4) is 11.5 Å². The Morgan fingerprint density at radius 3 is 2.78 bits per heavy atom. The van der Waals surface area contributed by atoms with Crippen LogP contribution in [0, 0.1) is 0 Å². The van der Waals surface area contributed by atoms with Gasteiger partial charge in [-0.3, -0.25) is 4.79 Å². The van der Waals surface area contributed by atoms with E-state index in [2.05, 4.69) is 4.99 Å². The van der Waals surface area contributed by atoms with Crippen LogP contribution in [0.2, 0.25) is 0 Å². The zero-order valence-electron chi connectivity index (χ0n) is 12.7. The molecule has 0 radical (unpaired) electrons. The van der Waals surface area contributed by atoms with E-state index in [1.807, 2.05) is 0 Å². The normalized spacial score (nSPS) is 15.5. The molecule has 0 aliphatic carbocycles. The van der Waals surface area contributed by atoms with Gasteiger partial charge < -0.3 is 19.9 Å². The van der Waals surface area contributed by atoms with Crippen molar-refractivity contribution in [2.24, 2.45) is 10.7 Å². The number of methoxy groups -OCH3 is 1. The van der Waals surface area contributed by atoms with Crippen LogP contribution >= 0.6 is 11.8 Å². The van der Waals surface area contributed by atoms with Crippen LogP contribution in [0.4, 0.5) is 0 Å². The van der Waals surface area contributed by atoms with Crippen molar-refractivity contribution in [1.29, 1.82) is 0 Å². The summed E-state index contributed by atoms with van der Waals surface area (Å²) in [6.07, 6.45) is 1.66. The van der Waals surface area contributed by atoms with Gasteiger partial charge in [0.05, 0.1) is 18.6 Å². The molecular weight excluding hydrogens is 320 g/mol. The maximum absolute atomic E-state index is 11.6. The fourth-order valence-corrected chi connectivity index (χ4v) is 2.49. The fourth-order valence-electron chi connectivity index (χ4n) is 1.81. The lowest BCUT2D eigenvalue weighted by Crippen LogP contribution is -2.14. The van der Waals surface area contributed by atoms with E-state index < -0.39 is 5.97 Å². The standard InChI is InChI=1S/C15H16N2O5S/c1-3-21-13(18)8-22-10-5-4-9(6-11(10)20-2)7-12-14(19)17-15(16)23-12/h4-7H,3,8H2,1-2H3,(H2,16,17,19). The molecule has 1 amide bonds. The second-order valence-corrected chi connectivity index (χ2v) is 5.43. The van der Waals surface area contributed by atoms with Crippen LogP contribution in [0.3, 0.4) is 0 Å². The highest BCUT2D eigenvalue weighted by atomic mass is 32.2. The third-order valence-corrected chi connectivity index (χ3v) is 3.59. The molecule has 8 heteroatoms. The highest BCUT2D eigenvalue weighted by molar-refractivity contribution is 8.18. The van der Waals surface area contributed by atoms with Crippen molar-refractivity contribution < 1.29 is 23.8 Å². The topological polar surface area (TPSA) is 100 Å². The van der Waals surface area contributed by atoms with Crippen LogP contribution in [0.15, 0.2) is 28.1 Å². The van der Waals surface area contributed by atoms with E-state index in [-0.39, 0.29) is 17.7 Å². The van der Waals surface area contributed by atoms with E-state index in [1.165, 1.54) is 7.11 Å². The Morgan fingerprint density at radius 1 is 1.39 bits per heavy atom. The highest BCUT2D eigenvalue weighted by Crippen LogP contribution is 2.31. The van der Waals surface area contributed by atoms with Crippen LogP contribution in [0.25, 0.3) is 6.08 Å². The van der Waals surface area contributed by atoms with Gasteiger partial charge in [-0.1, -0.05) is 6.07 Å². The van der Waals surface area contributed by atoms with Crippen LogP contribution < -0.4 is 15.2 Å². The molecule has 2 rings (SSSR count). The molecule has 0 spiro atoms. The zero-order valence-corrected chi connectivity index (χ0v) is 13.5. The molecule has 7 nitrogen and oxygen atoms in total. The van der Waals surface area contributed by atoms with Gasteiger partial charge in [0.2, 0.25) is 0 Å². The van der Waals surface area contributed by atoms with Gasteiger partial charge in [0.25, 0.3) is 5.91 Å². The summed E-state index contributed by atoms with van der Waals surface area (Å²) >= 11 is 1.11. The SMILES string of the molecule is CCOC(=O)COc1ccc(C=C2SC(N)=NC2=O)cc1OC. The molecule has 1 aromatic rings. The number of benzene rings is 1. The minimum Gasteiger partial charge on any atom is -0.493 e. The molecule has 0 saturated heterocycles. The second kappa shape index (κ2) is 7.68. The summed E-state index contributed by atoms with van der Waals surface area (Å²) in [5.41, 5.74) is 6.23. The van der Waals surface area contributed by atoms with E-state index >= 15 is 0 Å². The molecule has 1 aliphatic rings. The molecule has 23 heavy (non-hydrogen) atoms. The number of ether oxygens (including phenoxy) is 3. The van der Waals surface area contributed by atoms with Crippen LogP contribution in [-0.4, -0.2) is 37.4 Å². The first-order valence-corrected chi connectivity index (χ1v) is 7.59. The van der Waals surface area contributed by atoms with Gasteiger partial charge in [0.15, 0.2) is 23.3 Å². The van der Waals surface area contributed by atoms with Gasteiger partial charge in [0, 0.05) is 0 Å². The van der Waals surface area contributed by atoms with Gasteiger partial charge in [-0.15, -0.1) is 0 Å². The number of amidine groups is 1. The number of nitrogens with two attached hydrogens (primary N) is 1. The van der Waals surface area contributed by atoms with Gasteiger partial charge in [-0.05, 0) is 42.5 Å². The molecule has 122 valence electrons. The third-order valence-electron chi connectivity index (χ3n) is 2.77. The summed E-state index contributed by atoms with van der Waals surface area (Å²) in [4.78, 5) is 27.0. The first-order valence-electron chi connectivity index (χ1n) is 6.78. The summed E-state index contributed by atoms with van der Waals surface area (Å²) < 4.78 is 15.4. The van der Waals surface area contributed by atoms with Crippen molar-refractivity contribution in [3.05, 3.63) is 28.7 Å². The molecule has 0 atom stereocenters. The van der Waals surface area contributed by atoms with Crippen LogP contribution in [0.5, 0.6) is 11.5 Å². The van der Waals surface area contributed by atoms with Crippen LogP contribution in [-0.2, 0) is 14.3 Å². The Morgan fingerprint density at radius 2 is 2.17 bits per heavy atom. The van der Waals surface area contributed by atoms with Crippen molar-refractivity contribution in [3.63, 3.8) is 0 Å².